The second-order valence-electron chi connectivity index (χ2n) is 6.45. The van der Waals surface area contributed by atoms with Gasteiger partial charge in [-0.05, 0) is 18.1 Å². The van der Waals surface area contributed by atoms with Crippen molar-refractivity contribution in [2.45, 2.75) is 6.42 Å². The second-order valence-corrected chi connectivity index (χ2v) is 6.45. The van der Waals surface area contributed by atoms with E-state index in [0.717, 1.165) is 56.7 Å². The van der Waals surface area contributed by atoms with E-state index in [1.165, 1.54) is 5.56 Å². The minimum Gasteiger partial charge on any atom is -0.370 e. The number of anilines is 3. The maximum atomic E-state index is 4.45. The van der Waals surface area contributed by atoms with Crippen LogP contribution in [0.15, 0.2) is 61.2 Å². The lowest BCUT2D eigenvalue weighted by atomic mass is 10.1. The van der Waals surface area contributed by atoms with Crippen molar-refractivity contribution in [3.05, 3.63) is 66.7 Å². The monoisotopic (exact) mass is 361 g/mol. The van der Waals surface area contributed by atoms with E-state index >= 15 is 0 Å². The van der Waals surface area contributed by atoms with Crippen LogP contribution in [0.25, 0.3) is 0 Å². The Morgan fingerprint density at radius 3 is 2.33 bits per heavy atom. The zero-order valence-electron chi connectivity index (χ0n) is 15.2. The molecule has 4 rings (SSSR count). The molecule has 2 aromatic heterocycles. The van der Waals surface area contributed by atoms with Crippen molar-refractivity contribution in [1.29, 1.82) is 0 Å². The molecule has 0 saturated carbocycles. The number of benzene rings is 1. The van der Waals surface area contributed by atoms with Crippen LogP contribution >= 0.6 is 0 Å². The highest BCUT2D eigenvalue weighted by Gasteiger charge is 2.20. The Morgan fingerprint density at radius 2 is 1.56 bits per heavy atom. The predicted molar refractivity (Wildman–Crippen MR) is 107 cm³/mol. The third kappa shape index (κ3) is 4.49. The maximum absolute atomic E-state index is 4.45. The van der Waals surface area contributed by atoms with Crippen LogP contribution in [0.3, 0.4) is 0 Å². The van der Waals surface area contributed by atoms with Crippen molar-refractivity contribution in [1.82, 2.24) is 19.9 Å². The average molecular weight is 361 g/mol. The summed E-state index contributed by atoms with van der Waals surface area (Å²) in [7, 11) is 0. The van der Waals surface area contributed by atoms with Gasteiger partial charge in [0.15, 0.2) is 0 Å². The van der Waals surface area contributed by atoms with Gasteiger partial charge in [-0.1, -0.05) is 30.3 Å². The summed E-state index contributed by atoms with van der Waals surface area (Å²) in [5.41, 5.74) is 1.32. The molecule has 0 atom stereocenters. The Morgan fingerprint density at radius 1 is 0.815 bits per heavy atom. The molecule has 0 aliphatic carbocycles. The van der Waals surface area contributed by atoms with E-state index in [1.54, 1.807) is 18.7 Å². The first-order valence-corrected chi connectivity index (χ1v) is 9.25. The Bertz CT molecular complexity index is 833. The highest BCUT2D eigenvalue weighted by atomic mass is 15.3. The summed E-state index contributed by atoms with van der Waals surface area (Å²) < 4.78 is 0. The maximum Gasteiger partial charge on any atom is 0.225 e. The van der Waals surface area contributed by atoms with Gasteiger partial charge in [0, 0.05) is 51.2 Å². The number of rotatable bonds is 6. The molecule has 1 saturated heterocycles. The van der Waals surface area contributed by atoms with Gasteiger partial charge in [0.25, 0.3) is 0 Å². The van der Waals surface area contributed by atoms with Crippen molar-refractivity contribution < 1.29 is 0 Å². The van der Waals surface area contributed by atoms with E-state index in [1.807, 2.05) is 18.2 Å². The second kappa shape index (κ2) is 8.44. The fourth-order valence-corrected chi connectivity index (χ4v) is 3.19. The quantitative estimate of drug-likeness (QED) is 0.722. The first kappa shape index (κ1) is 17.2. The van der Waals surface area contributed by atoms with Gasteiger partial charge >= 0.3 is 0 Å². The molecule has 0 spiro atoms. The molecule has 1 fully saturated rings. The van der Waals surface area contributed by atoms with Crippen LogP contribution in [0.4, 0.5) is 17.6 Å². The SMILES string of the molecule is c1ccc(CCNc2cc(N3CCN(c4ncccn4)CC3)ncn2)cc1. The number of hydrogen-bond acceptors (Lipinski definition) is 7. The number of hydrogen-bond donors (Lipinski definition) is 1. The zero-order valence-corrected chi connectivity index (χ0v) is 15.2. The van der Waals surface area contributed by atoms with Crippen molar-refractivity contribution in [3.63, 3.8) is 0 Å². The summed E-state index contributed by atoms with van der Waals surface area (Å²) in [4.78, 5) is 22.0. The Balaban J connectivity index is 1.31. The largest absolute Gasteiger partial charge is 0.370 e. The molecule has 1 aromatic carbocycles. The molecule has 3 heterocycles. The van der Waals surface area contributed by atoms with Gasteiger partial charge in [-0.25, -0.2) is 19.9 Å². The van der Waals surface area contributed by atoms with Crippen molar-refractivity contribution >= 4 is 17.6 Å². The van der Waals surface area contributed by atoms with E-state index in [0.29, 0.717) is 0 Å². The molecule has 0 bridgehead atoms. The lowest BCUT2D eigenvalue weighted by Gasteiger charge is -2.35. The van der Waals surface area contributed by atoms with Gasteiger partial charge in [0.2, 0.25) is 5.95 Å². The predicted octanol–water partition coefficient (Wildman–Crippen LogP) is 2.25. The van der Waals surface area contributed by atoms with E-state index in [-0.39, 0.29) is 0 Å². The Kier molecular flexibility index (Phi) is 5.38. The molecular formula is C20H23N7. The Labute approximate surface area is 159 Å². The van der Waals surface area contributed by atoms with Crippen LogP contribution in [0.1, 0.15) is 5.56 Å². The normalized spacial score (nSPS) is 14.2. The van der Waals surface area contributed by atoms with Crippen LogP contribution in [0, 0.1) is 0 Å². The van der Waals surface area contributed by atoms with Gasteiger partial charge in [0.05, 0.1) is 0 Å². The summed E-state index contributed by atoms with van der Waals surface area (Å²) in [6.07, 6.45) is 6.17. The van der Waals surface area contributed by atoms with E-state index < -0.39 is 0 Å². The smallest absolute Gasteiger partial charge is 0.225 e. The molecule has 27 heavy (non-hydrogen) atoms. The molecule has 1 N–H and O–H groups in total. The fraction of sp³-hybridized carbons (Fsp3) is 0.300. The van der Waals surface area contributed by atoms with Gasteiger partial charge in [0.1, 0.15) is 18.0 Å². The molecule has 0 radical (unpaired) electrons. The molecule has 1 aliphatic heterocycles. The first-order chi connectivity index (χ1) is 13.4. The highest BCUT2D eigenvalue weighted by Crippen LogP contribution is 2.18. The molecule has 0 amide bonds. The Hall–Kier alpha value is -3.22. The molecule has 1 aliphatic rings. The van der Waals surface area contributed by atoms with Gasteiger partial charge in [-0.3, -0.25) is 0 Å². The van der Waals surface area contributed by atoms with Gasteiger partial charge in [-0.2, -0.15) is 0 Å². The van der Waals surface area contributed by atoms with Gasteiger partial charge < -0.3 is 15.1 Å². The average Bonchev–Trinajstić information content (AvgIpc) is 2.76. The number of piperazine rings is 1. The fourth-order valence-electron chi connectivity index (χ4n) is 3.19. The summed E-state index contributed by atoms with van der Waals surface area (Å²) in [5.74, 6) is 2.62. The minimum absolute atomic E-state index is 0.795. The third-order valence-electron chi connectivity index (χ3n) is 4.65. The number of nitrogens with one attached hydrogen (secondary N) is 1. The molecule has 7 nitrogen and oxygen atoms in total. The van der Waals surface area contributed by atoms with Gasteiger partial charge in [-0.15, -0.1) is 0 Å². The van der Waals surface area contributed by atoms with Crippen molar-refractivity contribution in [3.8, 4) is 0 Å². The van der Waals surface area contributed by atoms with Crippen molar-refractivity contribution in [2.24, 2.45) is 0 Å². The third-order valence-corrected chi connectivity index (χ3v) is 4.65. The van der Waals surface area contributed by atoms with E-state index in [4.69, 9.17) is 0 Å². The summed E-state index contributed by atoms with van der Waals surface area (Å²) in [5, 5.41) is 3.40. The van der Waals surface area contributed by atoms with Crippen LogP contribution in [0.5, 0.6) is 0 Å². The summed E-state index contributed by atoms with van der Waals surface area (Å²) in [6.45, 7) is 4.38. The summed E-state index contributed by atoms with van der Waals surface area (Å²) in [6, 6.07) is 14.3. The highest BCUT2D eigenvalue weighted by molar-refractivity contribution is 5.50. The van der Waals surface area contributed by atoms with E-state index in [9.17, 15) is 0 Å². The standard InChI is InChI=1S/C20H23N7/c1-2-5-17(6-3-1)7-10-21-18-15-19(25-16-24-18)26-11-13-27(14-12-26)20-22-8-4-9-23-20/h1-6,8-9,15-16H,7,10-14H2,(H,21,24,25). The lowest BCUT2D eigenvalue weighted by Crippen LogP contribution is -2.47. The van der Waals surface area contributed by atoms with Crippen LogP contribution < -0.4 is 15.1 Å². The summed E-state index contributed by atoms with van der Waals surface area (Å²) >= 11 is 0. The topological polar surface area (TPSA) is 70.1 Å². The molecule has 0 unspecified atom stereocenters. The molecule has 7 heteroatoms. The molecule has 138 valence electrons. The zero-order chi connectivity index (χ0) is 18.3. The van der Waals surface area contributed by atoms with Crippen molar-refractivity contribution in [2.75, 3.05) is 47.8 Å². The first-order valence-electron chi connectivity index (χ1n) is 9.25. The van der Waals surface area contributed by atoms with Crippen LogP contribution in [-0.4, -0.2) is 52.7 Å². The number of aromatic nitrogens is 4. The van der Waals surface area contributed by atoms with Crippen LogP contribution in [0.2, 0.25) is 0 Å². The molecular weight excluding hydrogens is 338 g/mol. The molecule has 3 aromatic rings. The lowest BCUT2D eigenvalue weighted by molar-refractivity contribution is 0.634. The minimum atomic E-state index is 0.795. The van der Waals surface area contributed by atoms with Crippen LogP contribution in [-0.2, 0) is 6.42 Å². The van der Waals surface area contributed by atoms with E-state index in [2.05, 4.69) is 59.3 Å². The number of nitrogens with zero attached hydrogens (tertiary/aromatic N) is 6.